The van der Waals surface area contributed by atoms with Gasteiger partial charge in [0.2, 0.25) is 0 Å². The Labute approximate surface area is 64.2 Å². The monoisotopic (exact) mass is 151 g/mol. The third kappa shape index (κ3) is 0.707. The van der Waals surface area contributed by atoms with Crippen LogP contribution in [0.1, 0.15) is 19.3 Å². The molecular formula is C8H9NO2. The minimum absolute atomic E-state index is 0.0871. The van der Waals surface area contributed by atoms with Crippen molar-refractivity contribution >= 4 is 5.71 Å². The minimum atomic E-state index is 0.0871. The molecule has 1 saturated carbocycles. The van der Waals surface area contributed by atoms with Crippen LogP contribution in [0.4, 0.5) is 0 Å². The van der Waals surface area contributed by atoms with Crippen LogP contribution in [0.5, 0.6) is 0 Å². The van der Waals surface area contributed by atoms with Gasteiger partial charge in [-0.3, -0.25) is 0 Å². The zero-order valence-corrected chi connectivity index (χ0v) is 6.02. The Hall–Kier alpha value is -1.25. The van der Waals surface area contributed by atoms with E-state index in [0.717, 1.165) is 24.0 Å². The van der Waals surface area contributed by atoms with Crippen molar-refractivity contribution < 1.29 is 10.2 Å². The standard InChI is InChI=1S/C8H9NO2/c9-6-3-7(10)4-1-2-5(4)8(6)11/h9-11H,1-3H2. The van der Waals surface area contributed by atoms with Crippen molar-refractivity contribution in [3.05, 3.63) is 22.7 Å². The van der Waals surface area contributed by atoms with Crippen molar-refractivity contribution in [3.8, 4) is 0 Å². The molecule has 0 aromatic heterocycles. The second-order valence-electron chi connectivity index (χ2n) is 2.91. The third-order valence-electron chi connectivity index (χ3n) is 2.25. The molecule has 3 nitrogen and oxygen atoms in total. The summed E-state index contributed by atoms with van der Waals surface area (Å²) in [6.45, 7) is 0. The quantitative estimate of drug-likeness (QED) is 0.494. The van der Waals surface area contributed by atoms with Gasteiger partial charge in [0.25, 0.3) is 0 Å². The van der Waals surface area contributed by atoms with Crippen LogP contribution in [0.3, 0.4) is 0 Å². The van der Waals surface area contributed by atoms with E-state index in [9.17, 15) is 10.2 Å². The van der Waals surface area contributed by atoms with E-state index in [1.165, 1.54) is 0 Å². The number of aliphatic hydroxyl groups excluding tert-OH is 2. The summed E-state index contributed by atoms with van der Waals surface area (Å²) in [5.41, 5.74) is 1.78. The summed E-state index contributed by atoms with van der Waals surface area (Å²) in [5.74, 6) is 0.359. The molecule has 0 spiro atoms. The molecule has 0 aliphatic heterocycles. The maximum absolute atomic E-state index is 9.30. The van der Waals surface area contributed by atoms with Crippen molar-refractivity contribution in [3.63, 3.8) is 0 Å². The molecule has 2 aliphatic carbocycles. The highest BCUT2D eigenvalue weighted by molar-refractivity contribution is 6.00. The molecule has 0 unspecified atom stereocenters. The first-order valence-electron chi connectivity index (χ1n) is 3.61. The molecule has 3 N–H and O–H groups in total. The molecule has 0 amide bonds. The average molecular weight is 151 g/mol. The molecule has 0 heterocycles. The molecule has 0 saturated heterocycles. The first-order valence-corrected chi connectivity index (χ1v) is 3.61. The minimum Gasteiger partial charge on any atom is -0.512 e. The number of hydrogen-bond donors (Lipinski definition) is 3. The van der Waals surface area contributed by atoms with Crippen LogP contribution in [-0.2, 0) is 0 Å². The Morgan fingerprint density at radius 2 is 1.73 bits per heavy atom. The molecular weight excluding hydrogens is 142 g/mol. The smallest absolute Gasteiger partial charge is 0.140 e. The van der Waals surface area contributed by atoms with E-state index in [1.807, 2.05) is 0 Å². The van der Waals surface area contributed by atoms with Gasteiger partial charge in [-0.15, -0.1) is 0 Å². The van der Waals surface area contributed by atoms with E-state index in [-0.39, 0.29) is 23.7 Å². The predicted molar refractivity (Wildman–Crippen MR) is 40.9 cm³/mol. The molecule has 11 heavy (non-hydrogen) atoms. The predicted octanol–water partition coefficient (Wildman–Crippen LogP) is 1.83. The summed E-state index contributed by atoms with van der Waals surface area (Å²) in [4.78, 5) is 0. The fourth-order valence-electron chi connectivity index (χ4n) is 1.49. The number of hydrogen-bond acceptors (Lipinski definition) is 3. The molecule has 0 atom stereocenters. The lowest BCUT2D eigenvalue weighted by Gasteiger charge is -2.28. The normalized spacial score (nSPS) is 23.5. The molecule has 3 heteroatoms. The topological polar surface area (TPSA) is 64.3 Å². The van der Waals surface area contributed by atoms with Gasteiger partial charge in [-0.25, -0.2) is 0 Å². The highest BCUT2D eigenvalue weighted by atomic mass is 16.3. The van der Waals surface area contributed by atoms with Crippen LogP contribution in [0.2, 0.25) is 0 Å². The van der Waals surface area contributed by atoms with Crippen LogP contribution in [-0.4, -0.2) is 15.9 Å². The van der Waals surface area contributed by atoms with Gasteiger partial charge in [-0.05, 0) is 18.4 Å². The van der Waals surface area contributed by atoms with Gasteiger partial charge in [0.1, 0.15) is 11.5 Å². The Kier molecular flexibility index (Phi) is 1.10. The van der Waals surface area contributed by atoms with Gasteiger partial charge in [0.15, 0.2) is 0 Å². The van der Waals surface area contributed by atoms with Crippen molar-refractivity contribution in [2.45, 2.75) is 19.3 Å². The van der Waals surface area contributed by atoms with Crippen LogP contribution >= 0.6 is 0 Å². The van der Waals surface area contributed by atoms with Gasteiger partial charge in [0.05, 0.1) is 12.1 Å². The van der Waals surface area contributed by atoms with E-state index in [4.69, 9.17) is 5.41 Å². The summed E-state index contributed by atoms with van der Waals surface area (Å²) < 4.78 is 0. The fraction of sp³-hybridized carbons (Fsp3) is 0.375. The van der Waals surface area contributed by atoms with Crippen LogP contribution in [0.25, 0.3) is 0 Å². The first kappa shape index (κ1) is 6.46. The SMILES string of the molecule is N=C1CC(O)=C2CCC2=C1O. The van der Waals surface area contributed by atoms with Crippen molar-refractivity contribution in [2.24, 2.45) is 0 Å². The zero-order chi connectivity index (χ0) is 8.01. The average Bonchev–Trinajstić information content (AvgIpc) is 1.81. The molecule has 1 fully saturated rings. The Bertz CT molecular complexity index is 299. The summed E-state index contributed by atoms with van der Waals surface area (Å²) in [7, 11) is 0. The Balaban J connectivity index is 2.50. The second-order valence-corrected chi connectivity index (χ2v) is 2.91. The van der Waals surface area contributed by atoms with Gasteiger partial charge in [-0.1, -0.05) is 0 Å². The maximum atomic E-state index is 9.30. The summed E-state index contributed by atoms with van der Waals surface area (Å²) in [5, 5.41) is 25.9. The summed E-state index contributed by atoms with van der Waals surface area (Å²) in [6.07, 6.45) is 1.84. The van der Waals surface area contributed by atoms with E-state index in [0.29, 0.717) is 0 Å². The third-order valence-corrected chi connectivity index (χ3v) is 2.25. The van der Waals surface area contributed by atoms with Crippen molar-refractivity contribution in [1.29, 1.82) is 5.41 Å². The summed E-state index contributed by atoms with van der Waals surface area (Å²) in [6, 6.07) is 0. The fourth-order valence-corrected chi connectivity index (χ4v) is 1.49. The number of aliphatic hydroxyl groups is 2. The van der Waals surface area contributed by atoms with E-state index < -0.39 is 0 Å². The number of nitrogens with one attached hydrogen (secondary N) is 1. The van der Waals surface area contributed by atoms with Gasteiger partial charge < -0.3 is 15.6 Å². The van der Waals surface area contributed by atoms with Gasteiger partial charge in [0, 0.05) is 5.57 Å². The van der Waals surface area contributed by atoms with E-state index >= 15 is 0 Å². The Morgan fingerprint density at radius 3 is 2.27 bits per heavy atom. The number of fused-ring (bicyclic) bond motifs is 1. The number of rotatable bonds is 0. The lowest BCUT2D eigenvalue weighted by atomic mass is 9.78. The lowest BCUT2D eigenvalue weighted by molar-refractivity contribution is 0.369. The van der Waals surface area contributed by atoms with Gasteiger partial charge >= 0.3 is 0 Å². The zero-order valence-electron chi connectivity index (χ0n) is 6.02. The van der Waals surface area contributed by atoms with Crippen LogP contribution in [0.15, 0.2) is 22.7 Å². The second kappa shape index (κ2) is 1.87. The lowest BCUT2D eigenvalue weighted by Crippen LogP contribution is -2.20. The van der Waals surface area contributed by atoms with E-state index in [1.54, 1.807) is 0 Å². The number of allylic oxidation sites excluding steroid dienone is 4. The Morgan fingerprint density at radius 1 is 1.09 bits per heavy atom. The van der Waals surface area contributed by atoms with Crippen LogP contribution < -0.4 is 0 Å². The largest absolute Gasteiger partial charge is 0.512 e. The highest BCUT2D eigenvalue weighted by Crippen LogP contribution is 2.40. The summed E-state index contributed by atoms with van der Waals surface area (Å²) >= 11 is 0. The maximum Gasteiger partial charge on any atom is 0.140 e. The molecule has 0 radical (unpaired) electrons. The van der Waals surface area contributed by atoms with Crippen LogP contribution in [0, 0.1) is 5.41 Å². The highest BCUT2D eigenvalue weighted by Gasteiger charge is 2.30. The van der Waals surface area contributed by atoms with E-state index in [2.05, 4.69) is 0 Å². The molecule has 2 aliphatic rings. The molecule has 2 rings (SSSR count). The van der Waals surface area contributed by atoms with Crippen molar-refractivity contribution in [1.82, 2.24) is 0 Å². The van der Waals surface area contributed by atoms with Crippen molar-refractivity contribution in [2.75, 3.05) is 0 Å². The molecule has 0 aromatic rings. The first-order chi connectivity index (χ1) is 5.20. The van der Waals surface area contributed by atoms with Gasteiger partial charge in [-0.2, -0.15) is 0 Å². The molecule has 58 valence electrons. The molecule has 0 bridgehead atoms. The molecule has 0 aromatic carbocycles.